The van der Waals surface area contributed by atoms with E-state index in [2.05, 4.69) is 25.0 Å². The van der Waals surface area contributed by atoms with Gasteiger partial charge in [0.05, 0.1) is 6.20 Å². The van der Waals surface area contributed by atoms with Crippen LogP contribution in [0.4, 0.5) is 0 Å². The molecule has 4 fully saturated rings. The number of hydrogen-bond donors (Lipinski definition) is 0. The molecule has 0 bridgehead atoms. The zero-order valence-corrected chi connectivity index (χ0v) is 17.2. The Morgan fingerprint density at radius 3 is 2.74 bits per heavy atom. The van der Waals surface area contributed by atoms with Gasteiger partial charge < -0.3 is 0 Å². The molecular weight excluding hydrogens is 332 g/mol. The lowest BCUT2D eigenvalue weighted by molar-refractivity contribution is -0.137. The second-order valence-electron chi connectivity index (χ2n) is 10.5. The number of aryl methyl sites for hydroxylation is 1. The van der Waals surface area contributed by atoms with Crippen LogP contribution in [0.25, 0.3) is 6.08 Å². The lowest BCUT2D eigenvalue weighted by Crippen LogP contribution is -2.52. The molecule has 5 rings (SSSR count). The fourth-order valence-corrected chi connectivity index (χ4v) is 7.81. The van der Waals surface area contributed by atoms with Crippen LogP contribution in [-0.2, 0) is 11.8 Å². The van der Waals surface area contributed by atoms with E-state index in [1.165, 1.54) is 44.9 Å². The van der Waals surface area contributed by atoms with Gasteiger partial charge in [-0.3, -0.25) is 9.48 Å². The van der Waals surface area contributed by atoms with Gasteiger partial charge in [-0.2, -0.15) is 5.10 Å². The van der Waals surface area contributed by atoms with Crippen molar-refractivity contribution in [2.75, 3.05) is 0 Å². The van der Waals surface area contributed by atoms with Gasteiger partial charge in [0.25, 0.3) is 0 Å². The predicted molar refractivity (Wildman–Crippen MR) is 108 cm³/mol. The molecule has 3 nitrogen and oxygen atoms in total. The van der Waals surface area contributed by atoms with Crippen molar-refractivity contribution in [1.29, 1.82) is 0 Å². The molecule has 0 N–H and O–H groups in total. The fraction of sp³-hybridized carbons (Fsp3) is 0.750. The van der Waals surface area contributed by atoms with Crippen LogP contribution in [0.1, 0.15) is 77.2 Å². The Morgan fingerprint density at radius 2 is 1.96 bits per heavy atom. The molecule has 4 aliphatic carbocycles. The molecule has 6 atom stereocenters. The van der Waals surface area contributed by atoms with Crippen LogP contribution in [0.2, 0.25) is 0 Å². The number of aromatic nitrogens is 2. The number of nitrogens with zero attached hydrogens (tertiary/aromatic N) is 2. The SMILES string of the molecule is Cn1cc(C=C2CC3C4CCC5CCCCC5(C)C4CCC3(C)C2=O)cn1. The number of rotatable bonds is 1. The van der Waals surface area contributed by atoms with Crippen molar-refractivity contribution in [3.05, 3.63) is 23.5 Å². The third-order valence-electron chi connectivity index (χ3n) is 9.29. The molecule has 0 amide bonds. The van der Waals surface area contributed by atoms with E-state index in [-0.39, 0.29) is 5.41 Å². The number of carbonyl (C=O) groups excluding carboxylic acids is 1. The number of carbonyl (C=O) groups is 1. The molecule has 6 unspecified atom stereocenters. The Morgan fingerprint density at radius 1 is 1.11 bits per heavy atom. The molecule has 0 aliphatic heterocycles. The van der Waals surface area contributed by atoms with Gasteiger partial charge >= 0.3 is 0 Å². The third-order valence-corrected chi connectivity index (χ3v) is 9.29. The van der Waals surface area contributed by atoms with Crippen molar-refractivity contribution in [1.82, 2.24) is 9.78 Å². The molecule has 0 spiro atoms. The van der Waals surface area contributed by atoms with Gasteiger partial charge in [-0.05, 0) is 85.7 Å². The van der Waals surface area contributed by atoms with Crippen LogP contribution < -0.4 is 0 Å². The average molecular weight is 367 g/mol. The fourth-order valence-electron chi connectivity index (χ4n) is 7.81. The summed E-state index contributed by atoms with van der Waals surface area (Å²) >= 11 is 0. The van der Waals surface area contributed by atoms with Gasteiger partial charge in [0, 0.05) is 24.2 Å². The molecule has 0 saturated heterocycles. The van der Waals surface area contributed by atoms with Gasteiger partial charge in [0.2, 0.25) is 0 Å². The molecule has 3 heteroatoms. The maximum absolute atomic E-state index is 13.4. The van der Waals surface area contributed by atoms with Crippen molar-refractivity contribution in [2.24, 2.45) is 41.5 Å². The Labute approximate surface area is 163 Å². The molecule has 4 aliphatic rings. The summed E-state index contributed by atoms with van der Waals surface area (Å²) in [5.41, 5.74) is 2.56. The van der Waals surface area contributed by atoms with E-state index >= 15 is 0 Å². The lowest BCUT2D eigenvalue weighted by atomic mass is 9.45. The van der Waals surface area contributed by atoms with Crippen molar-refractivity contribution in [2.45, 2.75) is 71.6 Å². The highest BCUT2D eigenvalue weighted by molar-refractivity contribution is 6.05. The van der Waals surface area contributed by atoms with Crippen LogP contribution >= 0.6 is 0 Å². The molecule has 4 saturated carbocycles. The van der Waals surface area contributed by atoms with Crippen LogP contribution in [0.3, 0.4) is 0 Å². The highest BCUT2D eigenvalue weighted by Crippen LogP contribution is 2.66. The summed E-state index contributed by atoms with van der Waals surface area (Å²) in [6.07, 6.45) is 17.9. The van der Waals surface area contributed by atoms with E-state index in [4.69, 9.17) is 0 Å². The minimum Gasteiger partial charge on any atom is -0.294 e. The van der Waals surface area contributed by atoms with Crippen LogP contribution in [0.15, 0.2) is 18.0 Å². The summed E-state index contributed by atoms with van der Waals surface area (Å²) in [6, 6.07) is 0. The van der Waals surface area contributed by atoms with Gasteiger partial charge in [-0.1, -0.05) is 26.7 Å². The Hall–Kier alpha value is -1.38. The second-order valence-corrected chi connectivity index (χ2v) is 10.5. The van der Waals surface area contributed by atoms with Gasteiger partial charge in [-0.15, -0.1) is 0 Å². The summed E-state index contributed by atoms with van der Waals surface area (Å²) in [7, 11) is 1.94. The van der Waals surface area contributed by atoms with Crippen molar-refractivity contribution < 1.29 is 4.79 Å². The van der Waals surface area contributed by atoms with Gasteiger partial charge in [-0.25, -0.2) is 0 Å². The quantitative estimate of drug-likeness (QED) is 0.622. The molecule has 0 aromatic carbocycles. The average Bonchev–Trinajstić information content (AvgIpc) is 3.16. The van der Waals surface area contributed by atoms with Gasteiger partial charge in [0.15, 0.2) is 5.78 Å². The van der Waals surface area contributed by atoms with E-state index < -0.39 is 0 Å². The first-order valence-corrected chi connectivity index (χ1v) is 11.2. The number of fused-ring (bicyclic) bond motifs is 5. The topological polar surface area (TPSA) is 34.9 Å². The number of hydrogen-bond acceptors (Lipinski definition) is 2. The third kappa shape index (κ3) is 2.53. The molecule has 1 heterocycles. The number of ketones is 1. The maximum atomic E-state index is 13.4. The highest BCUT2D eigenvalue weighted by atomic mass is 16.1. The molecule has 0 radical (unpaired) electrons. The van der Waals surface area contributed by atoms with E-state index in [0.717, 1.165) is 41.7 Å². The predicted octanol–water partition coefficient (Wildman–Crippen LogP) is 5.42. The summed E-state index contributed by atoms with van der Waals surface area (Å²) in [5, 5.41) is 4.27. The summed E-state index contributed by atoms with van der Waals surface area (Å²) in [5.74, 6) is 3.54. The first kappa shape index (κ1) is 17.7. The van der Waals surface area contributed by atoms with E-state index in [9.17, 15) is 4.79 Å². The molecule has 27 heavy (non-hydrogen) atoms. The van der Waals surface area contributed by atoms with E-state index in [1.807, 2.05) is 24.1 Å². The molecule has 146 valence electrons. The van der Waals surface area contributed by atoms with Crippen molar-refractivity contribution >= 4 is 11.9 Å². The van der Waals surface area contributed by atoms with E-state index in [1.54, 1.807) is 0 Å². The number of allylic oxidation sites excluding steroid dienone is 1. The normalized spacial score (nSPS) is 45.4. The standard InChI is InChI=1S/C24H34N2O/c1-23-10-5-4-6-18(23)7-8-19-20(23)9-11-24(2)21(19)13-17(22(24)27)12-16-14-25-26(3)15-16/h12,14-15,18-21H,4-11,13H2,1-3H3. The second kappa shape index (κ2) is 6.06. The first-order valence-electron chi connectivity index (χ1n) is 11.2. The van der Waals surface area contributed by atoms with Crippen LogP contribution in [0.5, 0.6) is 0 Å². The maximum Gasteiger partial charge on any atom is 0.165 e. The number of Topliss-reactive ketones (excluding diaryl/α,β-unsaturated/α-hetero) is 1. The van der Waals surface area contributed by atoms with Crippen LogP contribution in [0, 0.1) is 34.5 Å². The smallest absolute Gasteiger partial charge is 0.165 e. The molecule has 1 aromatic heterocycles. The molecular formula is C24H34N2O. The van der Waals surface area contributed by atoms with E-state index in [0.29, 0.717) is 17.1 Å². The van der Waals surface area contributed by atoms with Crippen LogP contribution in [-0.4, -0.2) is 15.6 Å². The summed E-state index contributed by atoms with van der Waals surface area (Å²) in [4.78, 5) is 13.4. The zero-order chi connectivity index (χ0) is 18.8. The summed E-state index contributed by atoms with van der Waals surface area (Å²) < 4.78 is 1.82. The Bertz CT molecular complexity index is 792. The minimum absolute atomic E-state index is 0.118. The van der Waals surface area contributed by atoms with Crippen molar-refractivity contribution in [3.8, 4) is 0 Å². The first-order chi connectivity index (χ1) is 12.9. The summed E-state index contributed by atoms with van der Waals surface area (Å²) in [6.45, 7) is 4.90. The Balaban J connectivity index is 1.46. The van der Waals surface area contributed by atoms with Gasteiger partial charge in [0.1, 0.15) is 0 Å². The highest BCUT2D eigenvalue weighted by Gasteiger charge is 2.60. The largest absolute Gasteiger partial charge is 0.294 e. The zero-order valence-electron chi connectivity index (χ0n) is 17.2. The minimum atomic E-state index is -0.118. The lowest BCUT2D eigenvalue weighted by Gasteiger charge is -2.59. The monoisotopic (exact) mass is 366 g/mol. The molecule has 1 aromatic rings. The van der Waals surface area contributed by atoms with Crippen molar-refractivity contribution in [3.63, 3.8) is 0 Å². The Kier molecular flexibility index (Phi) is 3.97.